The quantitative estimate of drug-likeness (QED) is 0.799. The van der Waals surface area contributed by atoms with Crippen LogP contribution in [0.2, 0.25) is 0 Å². The van der Waals surface area contributed by atoms with E-state index < -0.39 is 10.0 Å². The smallest absolute Gasteiger partial charge is 0.253 e. The monoisotopic (exact) mass is 349 g/mol. The fraction of sp³-hybridized carbons (Fsp3) is 0.400. The first kappa shape index (κ1) is 16.6. The maximum absolute atomic E-state index is 12.6. The maximum atomic E-state index is 12.6. The second-order valence-electron chi connectivity index (χ2n) is 5.89. The van der Waals surface area contributed by atoms with Gasteiger partial charge in [0.1, 0.15) is 12.7 Å². The zero-order chi connectivity index (χ0) is 17.3. The Morgan fingerprint density at radius 3 is 2.29 bits per heavy atom. The SMILES string of the molecule is C[C@H]1CN(C(=O)c2ccc(-n3cnnc3)cc2)CCN1S(C)(=O)=O. The van der Waals surface area contributed by atoms with Crippen molar-refractivity contribution in [2.75, 3.05) is 25.9 Å². The lowest BCUT2D eigenvalue weighted by Crippen LogP contribution is -2.55. The lowest BCUT2D eigenvalue weighted by atomic mass is 10.1. The third kappa shape index (κ3) is 3.31. The van der Waals surface area contributed by atoms with Crippen molar-refractivity contribution in [1.82, 2.24) is 24.0 Å². The van der Waals surface area contributed by atoms with Crippen molar-refractivity contribution in [3.05, 3.63) is 42.5 Å². The van der Waals surface area contributed by atoms with Crippen LogP contribution in [0.1, 0.15) is 17.3 Å². The molecule has 128 valence electrons. The summed E-state index contributed by atoms with van der Waals surface area (Å²) in [6.07, 6.45) is 4.37. The zero-order valence-electron chi connectivity index (χ0n) is 13.5. The van der Waals surface area contributed by atoms with Crippen LogP contribution in [0, 0.1) is 0 Å². The molecule has 1 atom stereocenters. The van der Waals surface area contributed by atoms with Crippen molar-refractivity contribution in [3.8, 4) is 5.69 Å². The van der Waals surface area contributed by atoms with E-state index in [4.69, 9.17) is 0 Å². The van der Waals surface area contributed by atoms with Gasteiger partial charge in [-0.3, -0.25) is 9.36 Å². The average Bonchev–Trinajstić information content (AvgIpc) is 3.07. The van der Waals surface area contributed by atoms with Crippen molar-refractivity contribution >= 4 is 15.9 Å². The molecule has 0 saturated carbocycles. The Hall–Kier alpha value is -2.26. The van der Waals surface area contributed by atoms with Gasteiger partial charge in [-0.2, -0.15) is 4.31 Å². The number of sulfonamides is 1. The predicted octanol–water partition coefficient (Wildman–Crippen LogP) is 0.373. The van der Waals surface area contributed by atoms with Gasteiger partial charge in [0, 0.05) is 36.9 Å². The summed E-state index contributed by atoms with van der Waals surface area (Å²) in [7, 11) is -3.24. The summed E-state index contributed by atoms with van der Waals surface area (Å²) in [4.78, 5) is 14.3. The molecule has 3 rings (SSSR count). The number of hydrogen-bond acceptors (Lipinski definition) is 5. The summed E-state index contributed by atoms with van der Waals surface area (Å²) >= 11 is 0. The summed E-state index contributed by atoms with van der Waals surface area (Å²) in [5.74, 6) is -0.0923. The summed E-state index contributed by atoms with van der Waals surface area (Å²) in [5, 5.41) is 7.50. The van der Waals surface area contributed by atoms with Gasteiger partial charge in [0.05, 0.1) is 6.26 Å². The maximum Gasteiger partial charge on any atom is 0.253 e. The Morgan fingerprint density at radius 1 is 1.12 bits per heavy atom. The number of amides is 1. The number of carbonyl (C=O) groups excluding carboxylic acids is 1. The van der Waals surface area contributed by atoms with Gasteiger partial charge in [-0.25, -0.2) is 8.42 Å². The van der Waals surface area contributed by atoms with Gasteiger partial charge in [0.25, 0.3) is 5.91 Å². The van der Waals surface area contributed by atoms with Crippen molar-refractivity contribution < 1.29 is 13.2 Å². The van der Waals surface area contributed by atoms with E-state index in [2.05, 4.69) is 10.2 Å². The van der Waals surface area contributed by atoms with Crippen LogP contribution in [-0.2, 0) is 10.0 Å². The first-order valence-electron chi connectivity index (χ1n) is 7.57. The first-order chi connectivity index (χ1) is 11.4. The molecule has 1 amide bonds. The number of aromatic nitrogens is 3. The van der Waals surface area contributed by atoms with Crippen LogP contribution >= 0.6 is 0 Å². The molecule has 0 radical (unpaired) electrons. The van der Waals surface area contributed by atoms with E-state index in [0.29, 0.717) is 25.2 Å². The van der Waals surface area contributed by atoms with E-state index in [1.807, 2.05) is 19.1 Å². The Kier molecular flexibility index (Phi) is 4.37. The molecule has 1 aliphatic rings. The summed E-state index contributed by atoms with van der Waals surface area (Å²) < 4.78 is 26.6. The summed E-state index contributed by atoms with van der Waals surface area (Å²) in [5.41, 5.74) is 1.44. The van der Waals surface area contributed by atoms with Crippen LogP contribution < -0.4 is 0 Å². The Bertz CT molecular complexity index is 817. The number of hydrogen-bond donors (Lipinski definition) is 0. The van der Waals surface area contributed by atoms with Gasteiger partial charge in [-0.15, -0.1) is 10.2 Å². The first-order valence-corrected chi connectivity index (χ1v) is 9.42. The van der Waals surface area contributed by atoms with Crippen molar-refractivity contribution in [1.29, 1.82) is 0 Å². The topological polar surface area (TPSA) is 88.4 Å². The molecule has 0 bridgehead atoms. The highest BCUT2D eigenvalue weighted by Crippen LogP contribution is 2.17. The van der Waals surface area contributed by atoms with E-state index in [1.54, 1.807) is 34.3 Å². The third-order valence-electron chi connectivity index (χ3n) is 4.11. The average molecular weight is 349 g/mol. The molecular weight excluding hydrogens is 330 g/mol. The Labute approximate surface area is 140 Å². The molecule has 0 aliphatic carbocycles. The van der Waals surface area contributed by atoms with Gasteiger partial charge in [-0.1, -0.05) is 0 Å². The second kappa shape index (κ2) is 6.33. The fourth-order valence-corrected chi connectivity index (χ4v) is 4.04. The Balaban J connectivity index is 1.71. The molecule has 1 aromatic carbocycles. The normalized spacial score (nSPS) is 19.4. The molecule has 0 N–H and O–H groups in total. The highest BCUT2D eigenvalue weighted by molar-refractivity contribution is 7.88. The van der Waals surface area contributed by atoms with Gasteiger partial charge < -0.3 is 4.90 Å². The minimum absolute atomic E-state index is 0.0923. The molecular formula is C15H19N5O3S. The molecule has 1 fully saturated rings. The van der Waals surface area contributed by atoms with Crippen LogP contribution in [0.5, 0.6) is 0 Å². The van der Waals surface area contributed by atoms with Gasteiger partial charge >= 0.3 is 0 Å². The standard InChI is InChI=1S/C15H19N5O3S/c1-12-9-18(7-8-20(12)24(2,22)23)15(21)13-3-5-14(6-4-13)19-10-16-17-11-19/h3-6,10-12H,7-9H2,1-2H3/t12-/m0/s1. The molecule has 8 nitrogen and oxygen atoms in total. The predicted molar refractivity (Wildman–Crippen MR) is 88.3 cm³/mol. The highest BCUT2D eigenvalue weighted by Gasteiger charge is 2.32. The molecule has 0 unspecified atom stereocenters. The van der Waals surface area contributed by atoms with E-state index in [1.165, 1.54) is 10.6 Å². The number of nitrogens with zero attached hydrogens (tertiary/aromatic N) is 5. The number of rotatable bonds is 3. The van der Waals surface area contributed by atoms with Crippen molar-refractivity contribution in [2.45, 2.75) is 13.0 Å². The van der Waals surface area contributed by atoms with Gasteiger partial charge in [-0.05, 0) is 31.2 Å². The molecule has 2 aromatic rings. The Morgan fingerprint density at radius 2 is 1.75 bits per heavy atom. The van der Waals surface area contributed by atoms with E-state index in [9.17, 15) is 13.2 Å². The third-order valence-corrected chi connectivity index (χ3v) is 5.51. The minimum atomic E-state index is -3.24. The van der Waals surface area contributed by atoms with Crippen LogP contribution in [0.15, 0.2) is 36.9 Å². The highest BCUT2D eigenvalue weighted by atomic mass is 32.2. The number of carbonyl (C=O) groups is 1. The molecule has 9 heteroatoms. The lowest BCUT2D eigenvalue weighted by molar-refractivity contribution is 0.0643. The molecule has 0 spiro atoms. The van der Waals surface area contributed by atoms with Gasteiger partial charge in [0.15, 0.2) is 0 Å². The van der Waals surface area contributed by atoms with Gasteiger partial charge in [0.2, 0.25) is 10.0 Å². The van der Waals surface area contributed by atoms with Crippen molar-refractivity contribution in [2.24, 2.45) is 0 Å². The molecule has 24 heavy (non-hydrogen) atoms. The molecule has 1 saturated heterocycles. The van der Waals surface area contributed by atoms with E-state index in [-0.39, 0.29) is 11.9 Å². The van der Waals surface area contributed by atoms with Crippen LogP contribution in [-0.4, -0.2) is 70.2 Å². The largest absolute Gasteiger partial charge is 0.336 e. The fourth-order valence-electron chi connectivity index (χ4n) is 2.91. The number of benzene rings is 1. The lowest BCUT2D eigenvalue weighted by Gasteiger charge is -2.38. The van der Waals surface area contributed by atoms with Crippen LogP contribution in [0.25, 0.3) is 5.69 Å². The summed E-state index contributed by atoms with van der Waals surface area (Å²) in [6, 6.07) is 6.94. The zero-order valence-corrected chi connectivity index (χ0v) is 14.3. The van der Waals surface area contributed by atoms with Crippen LogP contribution in [0.4, 0.5) is 0 Å². The van der Waals surface area contributed by atoms with Crippen LogP contribution in [0.3, 0.4) is 0 Å². The van der Waals surface area contributed by atoms with Crippen molar-refractivity contribution in [3.63, 3.8) is 0 Å². The molecule has 1 aliphatic heterocycles. The van der Waals surface area contributed by atoms with E-state index >= 15 is 0 Å². The number of piperazine rings is 1. The molecule has 1 aromatic heterocycles. The van der Waals surface area contributed by atoms with E-state index in [0.717, 1.165) is 5.69 Å². The summed E-state index contributed by atoms with van der Waals surface area (Å²) in [6.45, 7) is 2.92. The minimum Gasteiger partial charge on any atom is -0.336 e. The second-order valence-corrected chi connectivity index (χ2v) is 7.82. The molecule has 2 heterocycles.